The highest BCUT2D eigenvalue weighted by Gasteiger charge is 2.23. The quantitative estimate of drug-likeness (QED) is 0.278. The summed E-state index contributed by atoms with van der Waals surface area (Å²) in [4.78, 5) is 39.5. The van der Waals surface area contributed by atoms with Gasteiger partial charge in [-0.05, 0) is 12.8 Å². The fourth-order valence-corrected chi connectivity index (χ4v) is 1.99. The molecule has 2 N–H and O–H groups in total. The van der Waals surface area contributed by atoms with Crippen LogP contribution < -0.4 is 15.4 Å². The Morgan fingerprint density at radius 1 is 1.38 bits per heavy atom. The van der Waals surface area contributed by atoms with Gasteiger partial charge in [0.15, 0.2) is 5.69 Å². The molecule has 0 aliphatic carbocycles. The predicted molar refractivity (Wildman–Crippen MR) is 92.9 cm³/mol. The Labute approximate surface area is 152 Å². The number of hydrogen-bond donors (Lipinski definition) is 2. The van der Waals surface area contributed by atoms with Crippen molar-refractivity contribution in [1.29, 1.82) is 0 Å². The number of amides is 2. The molecule has 0 aliphatic rings. The van der Waals surface area contributed by atoms with Gasteiger partial charge in [0.25, 0.3) is 5.91 Å². The SMILES string of the molecule is CC/C=C\CC(=O)NCCC(NC(=O)c1c[n+]([O-])c(C)cn1)C(=O)OC. The van der Waals surface area contributed by atoms with E-state index >= 15 is 0 Å². The first-order valence-electron chi connectivity index (χ1n) is 8.25. The van der Waals surface area contributed by atoms with E-state index in [0.717, 1.165) is 12.6 Å². The van der Waals surface area contributed by atoms with E-state index in [2.05, 4.69) is 20.4 Å². The highest BCUT2D eigenvalue weighted by atomic mass is 16.5. The second kappa shape index (κ2) is 10.8. The average molecular weight is 364 g/mol. The van der Waals surface area contributed by atoms with Crippen LogP contribution in [0.15, 0.2) is 24.5 Å². The Morgan fingerprint density at radius 3 is 2.73 bits per heavy atom. The maximum Gasteiger partial charge on any atom is 0.328 e. The molecule has 9 heteroatoms. The number of carbonyl (C=O) groups excluding carboxylic acids is 3. The van der Waals surface area contributed by atoms with E-state index in [1.54, 1.807) is 13.0 Å². The van der Waals surface area contributed by atoms with Gasteiger partial charge < -0.3 is 20.6 Å². The van der Waals surface area contributed by atoms with Crippen molar-refractivity contribution in [1.82, 2.24) is 15.6 Å². The number of methoxy groups -OCH3 is 1. The number of rotatable bonds is 9. The van der Waals surface area contributed by atoms with Crippen LogP contribution in [0.25, 0.3) is 0 Å². The van der Waals surface area contributed by atoms with Gasteiger partial charge >= 0.3 is 5.97 Å². The molecule has 0 saturated heterocycles. The summed E-state index contributed by atoms with van der Waals surface area (Å²) in [6, 6.07) is -0.970. The van der Waals surface area contributed by atoms with Crippen LogP contribution >= 0.6 is 0 Å². The standard InChI is InChI=1S/C17H24N4O5/c1-4-5-6-7-15(22)18-9-8-13(17(24)26-3)20-16(23)14-11-21(25)12(2)10-19-14/h5-6,10-11,13H,4,7-9H2,1-3H3,(H,18,22)(H,20,23)/b6-5-. The number of aromatic nitrogens is 2. The first kappa shape index (κ1) is 21.1. The van der Waals surface area contributed by atoms with Crippen LogP contribution in [0, 0.1) is 12.1 Å². The van der Waals surface area contributed by atoms with Crippen LogP contribution in [0.4, 0.5) is 0 Å². The summed E-state index contributed by atoms with van der Waals surface area (Å²) < 4.78 is 5.18. The molecule has 2 amide bonds. The minimum absolute atomic E-state index is 0.117. The predicted octanol–water partition coefficient (Wildman–Crippen LogP) is 0.157. The van der Waals surface area contributed by atoms with Crippen molar-refractivity contribution in [3.8, 4) is 0 Å². The summed E-state index contributed by atoms with van der Waals surface area (Å²) in [5.74, 6) is -1.51. The van der Waals surface area contributed by atoms with Crippen LogP contribution in [0.3, 0.4) is 0 Å². The lowest BCUT2D eigenvalue weighted by molar-refractivity contribution is -0.613. The van der Waals surface area contributed by atoms with Crippen LogP contribution in [-0.2, 0) is 14.3 Å². The van der Waals surface area contributed by atoms with E-state index in [0.29, 0.717) is 10.4 Å². The summed E-state index contributed by atoms with van der Waals surface area (Å²) in [5, 5.41) is 16.7. The van der Waals surface area contributed by atoms with Gasteiger partial charge in [0.1, 0.15) is 6.04 Å². The minimum atomic E-state index is -0.970. The maximum absolute atomic E-state index is 12.2. The fraction of sp³-hybridized carbons (Fsp3) is 0.471. The van der Waals surface area contributed by atoms with Crippen molar-refractivity contribution >= 4 is 17.8 Å². The van der Waals surface area contributed by atoms with Gasteiger partial charge in [0.2, 0.25) is 17.8 Å². The zero-order valence-corrected chi connectivity index (χ0v) is 15.2. The molecular formula is C17H24N4O5. The summed E-state index contributed by atoms with van der Waals surface area (Å²) in [6.45, 7) is 3.70. The number of esters is 1. The molecule has 0 bridgehead atoms. The Bertz CT molecular complexity index is 675. The van der Waals surface area contributed by atoms with Gasteiger partial charge in [-0.25, -0.2) is 9.78 Å². The monoisotopic (exact) mass is 364 g/mol. The van der Waals surface area contributed by atoms with Gasteiger partial charge in [-0.15, -0.1) is 0 Å². The molecule has 1 atom stereocenters. The van der Waals surface area contributed by atoms with Crippen LogP contribution in [0.1, 0.15) is 42.4 Å². The van der Waals surface area contributed by atoms with Gasteiger partial charge in [-0.1, -0.05) is 19.1 Å². The molecule has 0 aromatic carbocycles. The second-order valence-electron chi connectivity index (χ2n) is 5.51. The zero-order valence-electron chi connectivity index (χ0n) is 15.2. The van der Waals surface area contributed by atoms with E-state index in [1.165, 1.54) is 13.3 Å². The van der Waals surface area contributed by atoms with Crippen LogP contribution in [0.2, 0.25) is 0 Å². The summed E-state index contributed by atoms with van der Waals surface area (Å²) in [6.07, 6.45) is 7.18. The molecule has 1 aromatic heterocycles. The molecule has 0 saturated carbocycles. The minimum Gasteiger partial charge on any atom is -0.618 e. The Kier molecular flexibility index (Phi) is 8.76. The molecule has 142 valence electrons. The average Bonchev–Trinajstić information content (AvgIpc) is 2.62. The first-order chi connectivity index (χ1) is 12.4. The van der Waals surface area contributed by atoms with Crippen LogP contribution in [-0.4, -0.2) is 42.5 Å². The summed E-state index contributed by atoms with van der Waals surface area (Å²) in [5.41, 5.74) is 0.221. The van der Waals surface area contributed by atoms with E-state index in [9.17, 15) is 19.6 Å². The van der Waals surface area contributed by atoms with Gasteiger partial charge in [0.05, 0.1) is 13.3 Å². The molecule has 1 heterocycles. The van der Waals surface area contributed by atoms with Crippen molar-refractivity contribution in [2.45, 2.75) is 39.2 Å². The number of ether oxygens (including phenoxy) is 1. The molecule has 0 radical (unpaired) electrons. The lowest BCUT2D eigenvalue weighted by Gasteiger charge is -2.16. The molecular weight excluding hydrogens is 340 g/mol. The smallest absolute Gasteiger partial charge is 0.328 e. The Balaban J connectivity index is 2.62. The van der Waals surface area contributed by atoms with Crippen molar-refractivity contribution in [2.24, 2.45) is 0 Å². The normalized spacial score (nSPS) is 11.8. The third-order valence-corrected chi connectivity index (χ3v) is 3.46. The zero-order chi connectivity index (χ0) is 19.5. The number of nitrogens with one attached hydrogen (secondary N) is 2. The molecule has 0 aliphatic heterocycles. The molecule has 26 heavy (non-hydrogen) atoms. The highest BCUT2D eigenvalue weighted by molar-refractivity contribution is 5.94. The first-order valence-corrected chi connectivity index (χ1v) is 8.25. The molecule has 9 nitrogen and oxygen atoms in total. The molecule has 0 spiro atoms. The highest BCUT2D eigenvalue weighted by Crippen LogP contribution is 1.99. The maximum atomic E-state index is 12.2. The van der Waals surface area contributed by atoms with Crippen molar-refractivity contribution in [3.63, 3.8) is 0 Å². The van der Waals surface area contributed by atoms with E-state index in [-0.39, 0.29) is 31.0 Å². The Morgan fingerprint density at radius 2 is 2.12 bits per heavy atom. The summed E-state index contributed by atoms with van der Waals surface area (Å²) >= 11 is 0. The van der Waals surface area contributed by atoms with Crippen LogP contribution in [0.5, 0.6) is 0 Å². The largest absolute Gasteiger partial charge is 0.618 e. The molecule has 0 fully saturated rings. The van der Waals surface area contributed by atoms with Crippen molar-refractivity contribution in [2.75, 3.05) is 13.7 Å². The third-order valence-electron chi connectivity index (χ3n) is 3.46. The number of hydrogen-bond acceptors (Lipinski definition) is 6. The molecule has 1 rings (SSSR count). The third kappa shape index (κ3) is 6.88. The van der Waals surface area contributed by atoms with Gasteiger partial charge in [0, 0.05) is 19.9 Å². The number of aryl methyl sites for hydroxylation is 1. The molecule has 1 unspecified atom stereocenters. The number of nitrogens with zero attached hydrogens (tertiary/aromatic N) is 2. The van der Waals surface area contributed by atoms with E-state index < -0.39 is 17.9 Å². The van der Waals surface area contributed by atoms with E-state index in [1.807, 2.05) is 13.0 Å². The second-order valence-corrected chi connectivity index (χ2v) is 5.51. The lowest BCUT2D eigenvalue weighted by atomic mass is 10.2. The van der Waals surface area contributed by atoms with Gasteiger partial charge in [-0.3, -0.25) is 9.59 Å². The van der Waals surface area contributed by atoms with Crippen molar-refractivity contribution < 1.29 is 23.9 Å². The van der Waals surface area contributed by atoms with E-state index in [4.69, 9.17) is 0 Å². The molecule has 1 aromatic rings. The number of allylic oxidation sites excluding steroid dienone is 1. The van der Waals surface area contributed by atoms with Crippen molar-refractivity contribution in [3.05, 3.63) is 41.1 Å². The Hall–Kier alpha value is -2.97. The summed E-state index contributed by atoms with van der Waals surface area (Å²) in [7, 11) is 1.20. The topological polar surface area (TPSA) is 124 Å². The van der Waals surface area contributed by atoms with Gasteiger partial charge in [-0.2, -0.15) is 4.73 Å². The number of carbonyl (C=O) groups is 3. The fourth-order valence-electron chi connectivity index (χ4n) is 1.99. The lowest BCUT2D eigenvalue weighted by Crippen LogP contribution is -2.44.